The lowest BCUT2D eigenvalue weighted by Crippen LogP contribution is -2.50. The SMILES string of the molecule is CCC1(C(=O)Nc2ccc(OC(F)F)c(F)c2)CCCN1. The molecule has 1 atom stereocenters. The fourth-order valence-corrected chi connectivity index (χ4v) is 2.48. The van der Waals surface area contributed by atoms with Gasteiger partial charge in [-0.1, -0.05) is 6.92 Å². The van der Waals surface area contributed by atoms with Crippen LogP contribution in [-0.4, -0.2) is 24.6 Å². The lowest BCUT2D eigenvalue weighted by Gasteiger charge is -2.26. The maximum absolute atomic E-state index is 13.6. The number of nitrogens with one attached hydrogen (secondary N) is 2. The maximum atomic E-state index is 13.6. The first-order chi connectivity index (χ1) is 9.97. The fourth-order valence-electron chi connectivity index (χ4n) is 2.48. The molecule has 1 aromatic carbocycles. The lowest BCUT2D eigenvalue weighted by atomic mass is 9.93. The van der Waals surface area contributed by atoms with Crippen molar-refractivity contribution in [3.05, 3.63) is 24.0 Å². The molecule has 1 aliphatic rings. The van der Waals surface area contributed by atoms with Gasteiger partial charge in [0.05, 0.1) is 5.54 Å². The van der Waals surface area contributed by atoms with Gasteiger partial charge < -0.3 is 15.4 Å². The standard InChI is InChI=1S/C14H17F3N2O2/c1-2-14(6-3-7-18-14)12(20)19-9-4-5-11(10(15)8-9)21-13(16)17/h4-5,8,13,18H,2-3,6-7H2,1H3,(H,19,20). The summed E-state index contributed by atoms with van der Waals surface area (Å²) in [6.07, 6.45) is 2.23. The maximum Gasteiger partial charge on any atom is 0.387 e. The molecule has 0 radical (unpaired) electrons. The molecular weight excluding hydrogens is 285 g/mol. The second-order valence-electron chi connectivity index (χ2n) is 4.94. The molecular formula is C14H17F3N2O2. The quantitative estimate of drug-likeness (QED) is 0.879. The van der Waals surface area contributed by atoms with Crippen LogP contribution in [0.3, 0.4) is 0 Å². The highest BCUT2D eigenvalue weighted by Crippen LogP contribution is 2.27. The number of ether oxygens (including phenoxy) is 1. The Balaban J connectivity index is 2.09. The van der Waals surface area contributed by atoms with Gasteiger partial charge in [-0.05, 0) is 37.9 Å². The molecule has 116 valence electrons. The zero-order valence-electron chi connectivity index (χ0n) is 11.6. The summed E-state index contributed by atoms with van der Waals surface area (Å²) in [6, 6.07) is 3.36. The first-order valence-electron chi connectivity index (χ1n) is 6.78. The normalized spacial score (nSPS) is 21.6. The van der Waals surface area contributed by atoms with E-state index in [4.69, 9.17) is 0 Å². The predicted molar refractivity (Wildman–Crippen MR) is 71.9 cm³/mol. The average Bonchev–Trinajstić information content (AvgIpc) is 2.91. The van der Waals surface area contributed by atoms with Crippen LogP contribution in [0.25, 0.3) is 0 Å². The molecule has 1 aromatic rings. The highest BCUT2D eigenvalue weighted by molar-refractivity contribution is 5.98. The molecule has 4 nitrogen and oxygen atoms in total. The summed E-state index contributed by atoms with van der Waals surface area (Å²) in [4.78, 5) is 12.3. The number of halogens is 3. The molecule has 0 spiro atoms. The van der Waals surface area contributed by atoms with E-state index in [-0.39, 0.29) is 11.6 Å². The molecule has 1 unspecified atom stereocenters. The van der Waals surface area contributed by atoms with E-state index in [0.717, 1.165) is 25.1 Å². The zero-order chi connectivity index (χ0) is 15.5. The number of anilines is 1. The average molecular weight is 302 g/mol. The van der Waals surface area contributed by atoms with Gasteiger partial charge in [-0.3, -0.25) is 4.79 Å². The van der Waals surface area contributed by atoms with Crippen molar-refractivity contribution in [2.24, 2.45) is 0 Å². The zero-order valence-corrected chi connectivity index (χ0v) is 11.6. The van der Waals surface area contributed by atoms with Crippen molar-refractivity contribution in [3.63, 3.8) is 0 Å². The summed E-state index contributed by atoms with van der Waals surface area (Å²) in [5, 5.41) is 5.77. The molecule has 21 heavy (non-hydrogen) atoms. The number of hydrogen-bond donors (Lipinski definition) is 2. The van der Waals surface area contributed by atoms with Gasteiger partial charge in [0.1, 0.15) is 0 Å². The van der Waals surface area contributed by atoms with Crippen LogP contribution in [0.1, 0.15) is 26.2 Å². The highest BCUT2D eigenvalue weighted by Gasteiger charge is 2.39. The van der Waals surface area contributed by atoms with Crippen LogP contribution in [0, 0.1) is 5.82 Å². The summed E-state index contributed by atoms with van der Waals surface area (Å²) in [5.41, 5.74) is -0.435. The van der Waals surface area contributed by atoms with Crippen LogP contribution in [0.5, 0.6) is 5.75 Å². The van der Waals surface area contributed by atoms with E-state index in [9.17, 15) is 18.0 Å². The summed E-state index contributed by atoms with van der Waals surface area (Å²) in [6.45, 7) is -0.430. The Bertz CT molecular complexity index is 517. The molecule has 2 N–H and O–H groups in total. The minimum Gasteiger partial charge on any atom is -0.432 e. The van der Waals surface area contributed by atoms with E-state index >= 15 is 0 Å². The predicted octanol–water partition coefficient (Wildman–Crippen LogP) is 2.90. The molecule has 0 bridgehead atoms. The van der Waals surface area contributed by atoms with Gasteiger partial charge in [0.15, 0.2) is 11.6 Å². The number of rotatable bonds is 5. The number of amides is 1. The third-order valence-electron chi connectivity index (χ3n) is 3.69. The molecule has 7 heteroatoms. The Kier molecular flexibility index (Phi) is 4.72. The first-order valence-corrected chi connectivity index (χ1v) is 6.78. The Morgan fingerprint density at radius 1 is 1.52 bits per heavy atom. The summed E-state index contributed by atoms with van der Waals surface area (Å²) in [5.74, 6) is -1.74. The van der Waals surface area contributed by atoms with Crippen molar-refractivity contribution in [2.45, 2.75) is 38.3 Å². The monoisotopic (exact) mass is 302 g/mol. The number of carbonyl (C=O) groups excluding carboxylic acids is 1. The number of hydrogen-bond acceptors (Lipinski definition) is 3. The van der Waals surface area contributed by atoms with Crippen molar-refractivity contribution < 1.29 is 22.7 Å². The Labute approximate surface area is 120 Å². The summed E-state index contributed by atoms with van der Waals surface area (Å²) in [7, 11) is 0. The molecule has 1 saturated heterocycles. The van der Waals surface area contributed by atoms with Crippen LogP contribution in [0.15, 0.2) is 18.2 Å². The van der Waals surface area contributed by atoms with Crippen LogP contribution in [-0.2, 0) is 4.79 Å². The topological polar surface area (TPSA) is 50.4 Å². The second-order valence-corrected chi connectivity index (χ2v) is 4.94. The van der Waals surface area contributed by atoms with E-state index < -0.39 is 23.7 Å². The van der Waals surface area contributed by atoms with E-state index in [1.54, 1.807) is 0 Å². The number of carbonyl (C=O) groups is 1. The largest absolute Gasteiger partial charge is 0.432 e. The van der Waals surface area contributed by atoms with Crippen LogP contribution >= 0.6 is 0 Å². The summed E-state index contributed by atoms with van der Waals surface area (Å²) < 4.78 is 41.7. The third kappa shape index (κ3) is 3.47. The molecule has 0 aliphatic carbocycles. The van der Waals surface area contributed by atoms with Crippen molar-refractivity contribution in [1.29, 1.82) is 0 Å². The number of benzene rings is 1. The van der Waals surface area contributed by atoms with Gasteiger partial charge in [0.25, 0.3) is 0 Å². The van der Waals surface area contributed by atoms with Crippen LogP contribution < -0.4 is 15.4 Å². The molecule has 1 fully saturated rings. The van der Waals surface area contributed by atoms with E-state index in [2.05, 4.69) is 15.4 Å². The van der Waals surface area contributed by atoms with Gasteiger partial charge in [0, 0.05) is 11.8 Å². The minimum atomic E-state index is -3.09. The lowest BCUT2D eigenvalue weighted by molar-refractivity contribution is -0.122. The Morgan fingerprint density at radius 2 is 2.29 bits per heavy atom. The van der Waals surface area contributed by atoms with E-state index in [1.807, 2.05) is 6.92 Å². The Morgan fingerprint density at radius 3 is 2.81 bits per heavy atom. The summed E-state index contributed by atoms with van der Waals surface area (Å²) >= 11 is 0. The second kappa shape index (κ2) is 6.34. The van der Waals surface area contributed by atoms with Crippen molar-refractivity contribution in [2.75, 3.05) is 11.9 Å². The van der Waals surface area contributed by atoms with Gasteiger partial charge in [0.2, 0.25) is 5.91 Å². The van der Waals surface area contributed by atoms with Crippen molar-refractivity contribution in [3.8, 4) is 5.75 Å². The molecule has 0 aromatic heterocycles. The van der Waals surface area contributed by atoms with Crippen molar-refractivity contribution in [1.82, 2.24) is 5.32 Å². The van der Waals surface area contributed by atoms with Gasteiger partial charge in [-0.25, -0.2) is 4.39 Å². The molecule has 1 aliphatic heterocycles. The number of alkyl halides is 2. The third-order valence-corrected chi connectivity index (χ3v) is 3.69. The molecule has 2 rings (SSSR count). The minimum absolute atomic E-state index is 0.209. The van der Waals surface area contributed by atoms with Gasteiger partial charge >= 0.3 is 6.61 Å². The van der Waals surface area contributed by atoms with E-state index in [0.29, 0.717) is 12.8 Å². The molecule has 1 amide bonds. The van der Waals surface area contributed by atoms with Gasteiger partial charge in [-0.2, -0.15) is 8.78 Å². The highest BCUT2D eigenvalue weighted by atomic mass is 19.3. The molecule has 0 saturated carbocycles. The van der Waals surface area contributed by atoms with Gasteiger partial charge in [-0.15, -0.1) is 0 Å². The Hall–Kier alpha value is -1.76. The molecule has 1 heterocycles. The van der Waals surface area contributed by atoms with Crippen LogP contribution in [0.4, 0.5) is 18.9 Å². The smallest absolute Gasteiger partial charge is 0.387 e. The first kappa shape index (κ1) is 15.6. The fraction of sp³-hybridized carbons (Fsp3) is 0.500. The van der Waals surface area contributed by atoms with E-state index in [1.165, 1.54) is 6.07 Å². The van der Waals surface area contributed by atoms with Crippen LogP contribution in [0.2, 0.25) is 0 Å². The van der Waals surface area contributed by atoms with Crippen molar-refractivity contribution >= 4 is 11.6 Å².